The summed E-state index contributed by atoms with van der Waals surface area (Å²) in [5.41, 5.74) is 0.349. The number of likely N-dealkylation sites (tertiary alicyclic amines) is 1. The second kappa shape index (κ2) is 5.64. The van der Waals surface area contributed by atoms with Crippen LogP contribution in [0.1, 0.15) is 29.8 Å². The third-order valence-electron chi connectivity index (χ3n) is 5.06. The van der Waals surface area contributed by atoms with Crippen LogP contribution in [0, 0.1) is 5.92 Å². The topological polar surface area (TPSA) is 49.9 Å². The smallest absolute Gasteiger partial charge is 0.339 e. The third kappa shape index (κ3) is 2.74. The van der Waals surface area contributed by atoms with E-state index < -0.39 is 11.6 Å². The zero-order chi connectivity index (χ0) is 16.8. The van der Waals surface area contributed by atoms with Gasteiger partial charge in [0.05, 0.1) is 5.56 Å². The average Bonchev–Trinajstić information content (AvgIpc) is 2.88. The molecule has 0 radical (unpaired) electrons. The molecule has 5 nitrogen and oxygen atoms in total. The molecule has 2 aliphatic rings. The van der Waals surface area contributed by atoms with Gasteiger partial charge in [-0.2, -0.15) is 0 Å². The highest BCUT2D eigenvalue weighted by atomic mass is 16.6. The normalized spacial score (nSPS) is 30.3. The van der Waals surface area contributed by atoms with Crippen molar-refractivity contribution in [3.8, 4) is 0 Å². The summed E-state index contributed by atoms with van der Waals surface area (Å²) in [5, 5.41) is 0. The maximum absolute atomic E-state index is 13.0. The summed E-state index contributed by atoms with van der Waals surface area (Å²) in [5.74, 6) is -0.0835. The molecule has 0 bridgehead atoms. The van der Waals surface area contributed by atoms with Gasteiger partial charge in [0.1, 0.15) is 0 Å². The zero-order valence-corrected chi connectivity index (χ0v) is 14.2. The first-order valence-corrected chi connectivity index (χ1v) is 8.09. The molecule has 5 heteroatoms. The zero-order valence-electron chi connectivity index (χ0n) is 14.2. The number of hydrogen-bond donors (Lipinski definition) is 0. The lowest BCUT2D eigenvalue weighted by atomic mass is 9.89. The van der Waals surface area contributed by atoms with Gasteiger partial charge in [-0.1, -0.05) is 25.1 Å². The van der Waals surface area contributed by atoms with Gasteiger partial charge in [0.2, 0.25) is 0 Å². The van der Waals surface area contributed by atoms with Gasteiger partial charge < -0.3 is 14.5 Å². The largest absolute Gasteiger partial charge is 0.445 e. The van der Waals surface area contributed by atoms with Crippen molar-refractivity contribution in [2.75, 3.05) is 27.2 Å². The van der Waals surface area contributed by atoms with E-state index >= 15 is 0 Å². The highest BCUT2D eigenvalue weighted by molar-refractivity contribution is 5.97. The Kier molecular flexibility index (Phi) is 3.92. The number of esters is 1. The van der Waals surface area contributed by atoms with Crippen LogP contribution < -0.4 is 0 Å². The molecular formula is C18H24N2O3. The summed E-state index contributed by atoms with van der Waals surface area (Å²) in [7, 11) is 4.07. The predicted octanol–water partition coefficient (Wildman–Crippen LogP) is 1.57. The van der Waals surface area contributed by atoms with Crippen molar-refractivity contribution in [1.82, 2.24) is 9.80 Å². The highest BCUT2D eigenvalue weighted by Crippen LogP contribution is 2.31. The van der Waals surface area contributed by atoms with Crippen molar-refractivity contribution in [3.05, 3.63) is 35.4 Å². The summed E-state index contributed by atoms with van der Waals surface area (Å²) in [4.78, 5) is 29.3. The van der Waals surface area contributed by atoms with Crippen LogP contribution in [0.4, 0.5) is 0 Å². The molecule has 3 rings (SSSR count). The van der Waals surface area contributed by atoms with E-state index in [1.165, 1.54) is 0 Å². The Balaban J connectivity index is 1.82. The molecule has 1 aromatic carbocycles. The first-order valence-electron chi connectivity index (χ1n) is 8.09. The van der Waals surface area contributed by atoms with E-state index in [0.29, 0.717) is 37.0 Å². The molecule has 124 valence electrons. The second-order valence-electron chi connectivity index (χ2n) is 7.17. The summed E-state index contributed by atoms with van der Waals surface area (Å²) >= 11 is 0. The van der Waals surface area contributed by atoms with Crippen LogP contribution >= 0.6 is 0 Å². The molecular weight excluding hydrogens is 292 g/mol. The van der Waals surface area contributed by atoms with Gasteiger partial charge in [-0.05, 0) is 38.6 Å². The van der Waals surface area contributed by atoms with Crippen LogP contribution in [0.2, 0.25) is 0 Å². The molecule has 1 fully saturated rings. The van der Waals surface area contributed by atoms with Gasteiger partial charge in [-0.3, -0.25) is 4.79 Å². The molecule has 0 N–H and O–H groups in total. The molecule has 3 atom stereocenters. The molecule has 0 unspecified atom stereocenters. The Morgan fingerprint density at radius 3 is 2.65 bits per heavy atom. The number of amides is 1. The molecule has 0 aliphatic carbocycles. The lowest BCUT2D eigenvalue weighted by Gasteiger charge is -2.36. The van der Waals surface area contributed by atoms with Crippen molar-refractivity contribution in [3.63, 3.8) is 0 Å². The maximum atomic E-state index is 13.0. The number of ether oxygens (including phenoxy) is 1. The van der Waals surface area contributed by atoms with E-state index in [2.05, 4.69) is 11.8 Å². The first-order chi connectivity index (χ1) is 10.8. The van der Waals surface area contributed by atoms with Crippen LogP contribution in [0.3, 0.4) is 0 Å². The van der Waals surface area contributed by atoms with Crippen molar-refractivity contribution < 1.29 is 14.3 Å². The van der Waals surface area contributed by atoms with E-state index in [0.717, 1.165) is 5.56 Å². The number of carbonyl (C=O) groups is 2. The fraction of sp³-hybridized carbons (Fsp3) is 0.556. The van der Waals surface area contributed by atoms with Crippen molar-refractivity contribution in [1.29, 1.82) is 0 Å². The van der Waals surface area contributed by atoms with E-state index in [-0.39, 0.29) is 5.91 Å². The summed E-state index contributed by atoms with van der Waals surface area (Å²) in [6, 6.07) is 7.70. The molecule has 23 heavy (non-hydrogen) atoms. The minimum absolute atomic E-state index is 0.0865. The average molecular weight is 316 g/mol. The number of carbonyl (C=O) groups excluding carboxylic acids is 2. The van der Waals surface area contributed by atoms with E-state index in [9.17, 15) is 9.59 Å². The Morgan fingerprint density at radius 2 is 2.00 bits per heavy atom. The summed E-state index contributed by atoms with van der Waals surface area (Å²) < 4.78 is 5.56. The monoisotopic (exact) mass is 316 g/mol. The number of likely N-dealkylation sites (N-methyl/N-ethyl adjacent to an activating group) is 1. The SMILES string of the molecule is C[C@@H]1CN(C(=O)[C@]2(C)Cc3ccccc3C(=O)O2)C[C@H]1N(C)C. The molecule has 1 saturated heterocycles. The van der Waals surface area contributed by atoms with Gasteiger partial charge in [-0.15, -0.1) is 0 Å². The minimum Gasteiger partial charge on any atom is -0.445 e. The van der Waals surface area contributed by atoms with Gasteiger partial charge in [0.25, 0.3) is 5.91 Å². The summed E-state index contributed by atoms with van der Waals surface area (Å²) in [6.45, 7) is 5.28. The Labute approximate surface area is 137 Å². The van der Waals surface area contributed by atoms with Gasteiger partial charge in [0.15, 0.2) is 5.60 Å². The van der Waals surface area contributed by atoms with Crippen LogP contribution in [-0.4, -0.2) is 60.5 Å². The third-order valence-corrected chi connectivity index (χ3v) is 5.06. The Morgan fingerprint density at radius 1 is 1.30 bits per heavy atom. The van der Waals surface area contributed by atoms with Gasteiger partial charge >= 0.3 is 5.97 Å². The van der Waals surface area contributed by atoms with E-state index in [4.69, 9.17) is 4.74 Å². The number of benzene rings is 1. The van der Waals surface area contributed by atoms with E-state index in [1.807, 2.05) is 37.2 Å². The van der Waals surface area contributed by atoms with Crippen molar-refractivity contribution >= 4 is 11.9 Å². The maximum Gasteiger partial charge on any atom is 0.339 e. The van der Waals surface area contributed by atoms with Crippen LogP contribution in [0.25, 0.3) is 0 Å². The fourth-order valence-corrected chi connectivity index (χ4v) is 3.77. The molecule has 1 aromatic rings. The number of nitrogens with zero attached hydrogens (tertiary/aromatic N) is 2. The van der Waals surface area contributed by atoms with Crippen LogP contribution in [0.5, 0.6) is 0 Å². The van der Waals surface area contributed by atoms with Crippen molar-refractivity contribution in [2.45, 2.75) is 31.9 Å². The Bertz CT molecular complexity index is 643. The molecule has 0 aromatic heterocycles. The molecule has 2 aliphatic heterocycles. The van der Waals surface area contributed by atoms with Crippen LogP contribution in [-0.2, 0) is 16.0 Å². The molecule has 0 spiro atoms. The van der Waals surface area contributed by atoms with E-state index in [1.54, 1.807) is 13.0 Å². The predicted molar refractivity (Wildman–Crippen MR) is 87.2 cm³/mol. The number of hydrogen-bond acceptors (Lipinski definition) is 4. The standard InChI is InChI=1S/C18H24N2O3/c1-12-10-20(11-15(12)19(3)4)17(22)18(2)9-13-7-5-6-8-14(13)16(21)23-18/h5-8,12,15H,9-11H2,1-4H3/t12-,15-,18+/m1/s1. The fourth-order valence-electron chi connectivity index (χ4n) is 3.77. The number of rotatable bonds is 2. The van der Waals surface area contributed by atoms with Crippen LogP contribution in [0.15, 0.2) is 24.3 Å². The summed E-state index contributed by atoms with van der Waals surface area (Å²) in [6.07, 6.45) is 0.436. The number of cyclic esters (lactones) is 1. The molecule has 0 saturated carbocycles. The lowest BCUT2D eigenvalue weighted by Crippen LogP contribution is -2.53. The molecule has 2 heterocycles. The van der Waals surface area contributed by atoms with Gasteiger partial charge in [0, 0.05) is 25.6 Å². The Hall–Kier alpha value is -1.88. The quantitative estimate of drug-likeness (QED) is 0.777. The number of fused-ring (bicyclic) bond motifs is 1. The second-order valence-corrected chi connectivity index (χ2v) is 7.17. The lowest BCUT2D eigenvalue weighted by molar-refractivity contribution is -0.150. The van der Waals surface area contributed by atoms with Crippen molar-refractivity contribution in [2.24, 2.45) is 5.92 Å². The van der Waals surface area contributed by atoms with Gasteiger partial charge in [-0.25, -0.2) is 4.79 Å². The minimum atomic E-state index is -1.10. The highest BCUT2D eigenvalue weighted by Gasteiger charge is 2.47. The first kappa shape index (κ1) is 16.0. The molecule has 1 amide bonds.